The quantitative estimate of drug-likeness (QED) is 0.243. The Morgan fingerprint density at radius 3 is 1.68 bits per heavy atom. The Labute approximate surface area is 225 Å². The van der Waals surface area contributed by atoms with Gasteiger partial charge in [0.2, 0.25) is 0 Å². The number of allylic oxidation sites excluding steroid dienone is 4. The lowest BCUT2D eigenvalue weighted by molar-refractivity contribution is 0.669. The van der Waals surface area contributed by atoms with Gasteiger partial charge < -0.3 is 0 Å². The van der Waals surface area contributed by atoms with Crippen LogP contribution in [0, 0.1) is 5.92 Å². The van der Waals surface area contributed by atoms with E-state index in [0.717, 1.165) is 39.4 Å². The van der Waals surface area contributed by atoms with Crippen LogP contribution < -0.4 is 0 Å². The summed E-state index contributed by atoms with van der Waals surface area (Å²) in [5.74, 6) is 0.337. The van der Waals surface area contributed by atoms with Gasteiger partial charge in [-0.3, -0.25) is 9.97 Å². The summed E-state index contributed by atoms with van der Waals surface area (Å²) >= 11 is 0. The van der Waals surface area contributed by atoms with Gasteiger partial charge in [0, 0.05) is 16.7 Å². The SMILES string of the molecule is CC(C)(C)P(CC1C=CC=C1C(P)(c1ccc2ccccc2n1)c1ccc2ccccc2n1)C(C)(C)C. The molecule has 0 amide bonds. The molecule has 0 bridgehead atoms. The largest absolute Gasteiger partial charge is 0.251 e. The van der Waals surface area contributed by atoms with Crippen molar-refractivity contribution in [1.29, 1.82) is 0 Å². The Bertz CT molecular complexity index is 1410. The summed E-state index contributed by atoms with van der Waals surface area (Å²) in [6.07, 6.45) is 8.13. The fourth-order valence-electron chi connectivity index (χ4n) is 5.85. The minimum absolute atomic E-state index is 0.264. The average Bonchev–Trinajstić information content (AvgIpc) is 3.34. The minimum atomic E-state index is -0.529. The molecule has 0 fully saturated rings. The lowest BCUT2D eigenvalue weighted by Gasteiger charge is -2.44. The van der Waals surface area contributed by atoms with Crippen molar-refractivity contribution in [2.24, 2.45) is 5.92 Å². The van der Waals surface area contributed by atoms with Crippen LogP contribution in [0.1, 0.15) is 52.9 Å². The molecule has 2 aromatic carbocycles. The summed E-state index contributed by atoms with van der Waals surface area (Å²) in [6, 6.07) is 25.5. The summed E-state index contributed by atoms with van der Waals surface area (Å²) in [7, 11) is 2.95. The first-order valence-electron chi connectivity index (χ1n) is 13.2. The van der Waals surface area contributed by atoms with Gasteiger partial charge in [-0.15, -0.1) is 9.24 Å². The highest BCUT2D eigenvalue weighted by atomic mass is 31.1. The summed E-state index contributed by atoms with van der Waals surface area (Å²) in [5.41, 5.74) is 5.44. The van der Waals surface area contributed by atoms with E-state index in [-0.39, 0.29) is 18.2 Å². The van der Waals surface area contributed by atoms with Crippen LogP contribution in [-0.4, -0.2) is 26.4 Å². The van der Waals surface area contributed by atoms with Gasteiger partial charge in [0.1, 0.15) is 0 Å². The molecule has 1 aliphatic rings. The number of rotatable bonds is 5. The molecule has 2 nitrogen and oxygen atoms in total. The first kappa shape index (κ1) is 26.2. The standard InChI is InChI=1S/C33H38N2P2/c1-31(2,3)37(32(4,5)6)22-25-14-11-15-26(25)33(36,29-20-18-23-12-7-9-16-27(23)34-29)30-21-19-24-13-8-10-17-28(24)35-30/h7-21,25H,22,36H2,1-6H3. The second kappa shape index (κ2) is 9.72. The molecule has 37 heavy (non-hydrogen) atoms. The molecule has 2 heterocycles. The maximum atomic E-state index is 5.24. The predicted molar refractivity (Wildman–Crippen MR) is 166 cm³/mol. The normalized spacial score (nSPS) is 16.6. The molecule has 2 unspecified atom stereocenters. The molecule has 1 aliphatic carbocycles. The van der Waals surface area contributed by atoms with Gasteiger partial charge in [-0.25, -0.2) is 0 Å². The molecular weight excluding hydrogens is 486 g/mol. The number of fused-ring (bicyclic) bond motifs is 2. The maximum Gasteiger partial charge on any atom is 0.0902 e. The molecular formula is C33H38N2P2. The lowest BCUT2D eigenvalue weighted by atomic mass is 9.84. The van der Waals surface area contributed by atoms with Gasteiger partial charge >= 0.3 is 0 Å². The summed E-state index contributed by atoms with van der Waals surface area (Å²) in [5, 5.41) is 2.31. The first-order chi connectivity index (χ1) is 17.5. The Kier molecular flexibility index (Phi) is 6.89. The molecule has 2 atom stereocenters. The van der Waals surface area contributed by atoms with Crippen molar-refractivity contribution >= 4 is 39.0 Å². The number of para-hydroxylation sites is 2. The number of aromatic nitrogens is 2. The lowest BCUT2D eigenvalue weighted by Crippen LogP contribution is -2.33. The molecule has 4 heteroatoms. The third kappa shape index (κ3) is 5.04. The molecule has 0 spiro atoms. The van der Waals surface area contributed by atoms with E-state index in [2.05, 4.69) is 142 Å². The summed E-state index contributed by atoms with van der Waals surface area (Å²) in [4.78, 5) is 10.5. The van der Waals surface area contributed by atoms with Crippen molar-refractivity contribution in [3.63, 3.8) is 0 Å². The van der Waals surface area contributed by atoms with E-state index in [1.54, 1.807) is 0 Å². The molecule has 0 N–H and O–H groups in total. The van der Waals surface area contributed by atoms with Gasteiger partial charge in [0.15, 0.2) is 0 Å². The molecule has 0 radical (unpaired) electrons. The Morgan fingerprint density at radius 2 is 1.19 bits per heavy atom. The van der Waals surface area contributed by atoms with Crippen LogP contribution in [0.5, 0.6) is 0 Å². The number of hydrogen-bond donors (Lipinski definition) is 0. The first-order valence-corrected chi connectivity index (χ1v) is 15.3. The van der Waals surface area contributed by atoms with E-state index in [4.69, 9.17) is 9.97 Å². The maximum absolute atomic E-state index is 5.24. The van der Waals surface area contributed by atoms with Crippen LogP contribution >= 0.6 is 17.2 Å². The fraction of sp³-hybridized carbons (Fsp3) is 0.333. The average molecular weight is 525 g/mol. The number of benzene rings is 2. The minimum Gasteiger partial charge on any atom is -0.251 e. The number of hydrogen-bond acceptors (Lipinski definition) is 2. The molecule has 0 saturated heterocycles. The highest BCUT2D eigenvalue weighted by Gasteiger charge is 2.43. The van der Waals surface area contributed by atoms with Crippen molar-refractivity contribution in [2.45, 2.75) is 57.0 Å². The molecule has 0 saturated carbocycles. The van der Waals surface area contributed by atoms with Crippen LogP contribution in [0.3, 0.4) is 0 Å². The number of nitrogens with zero attached hydrogens (tertiary/aromatic N) is 2. The van der Waals surface area contributed by atoms with Crippen LogP contribution in [-0.2, 0) is 5.16 Å². The Hall–Kier alpha value is -2.40. The zero-order chi connectivity index (χ0) is 26.4. The Balaban J connectivity index is 1.67. The van der Waals surface area contributed by atoms with Gasteiger partial charge in [-0.1, -0.05) is 116 Å². The van der Waals surface area contributed by atoms with E-state index >= 15 is 0 Å². The fourth-order valence-corrected chi connectivity index (χ4v) is 10.3. The van der Waals surface area contributed by atoms with Gasteiger partial charge in [-0.2, -0.15) is 0 Å². The van der Waals surface area contributed by atoms with Crippen LogP contribution in [0.4, 0.5) is 0 Å². The predicted octanol–water partition coefficient (Wildman–Crippen LogP) is 9.09. The Morgan fingerprint density at radius 1 is 0.703 bits per heavy atom. The number of pyridine rings is 2. The molecule has 190 valence electrons. The van der Waals surface area contributed by atoms with E-state index in [1.165, 1.54) is 5.57 Å². The van der Waals surface area contributed by atoms with Crippen molar-refractivity contribution in [2.75, 3.05) is 6.16 Å². The second-order valence-corrected chi connectivity index (χ2v) is 16.9. The van der Waals surface area contributed by atoms with Crippen molar-refractivity contribution in [3.05, 3.63) is 108 Å². The van der Waals surface area contributed by atoms with Gasteiger partial charge in [0.25, 0.3) is 0 Å². The second-order valence-electron chi connectivity index (χ2n) is 12.2. The topological polar surface area (TPSA) is 25.8 Å². The van der Waals surface area contributed by atoms with E-state index in [1.807, 2.05) is 0 Å². The third-order valence-corrected chi connectivity index (χ3v) is 12.4. The van der Waals surface area contributed by atoms with E-state index in [9.17, 15) is 0 Å². The molecule has 0 aliphatic heterocycles. The van der Waals surface area contributed by atoms with Crippen molar-refractivity contribution in [1.82, 2.24) is 9.97 Å². The zero-order valence-electron chi connectivity index (χ0n) is 22.9. The third-order valence-electron chi connectivity index (χ3n) is 7.48. The van der Waals surface area contributed by atoms with Crippen LogP contribution in [0.25, 0.3) is 21.8 Å². The van der Waals surface area contributed by atoms with Gasteiger partial charge in [0.05, 0.1) is 27.6 Å². The highest BCUT2D eigenvalue weighted by molar-refractivity contribution is 7.60. The zero-order valence-corrected chi connectivity index (χ0v) is 24.9. The monoisotopic (exact) mass is 524 g/mol. The molecule has 4 aromatic rings. The summed E-state index contributed by atoms with van der Waals surface area (Å²) < 4.78 is 0. The van der Waals surface area contributed by atoms with E-state index < -0.39 is 5.16 Å². The van der Waals surface area contributed by atoms with Crippen LogP contribution in [0.15, 0.2) is 96.6 Å². The van der Waals surface area contributed by atoms with Crippen LogP contribution in [0.2, 0.25) is 0 Å². The smallest absolute Gasteiger partial charge is 0.0902 e. The molecule has 2 aromatic heterocycles. The molecule has 5 rings (SSSR count). The van der Waals surface area contributed by atoms with Gasteiger partial charge in [-0.05, 0) is 46.3 Å². The van der Waals surface area contributed by atoms with Crippen molar-refractivity contribution in [3.8, 4) is 0 Å². The highest BCUT2D eigenvalue weighted by Crippen LogP contribution is 2.62. The van der Waals surface area contributed by atoms with E-state index in [0.29, 0.717) is 5.92 Å². The summed E-state index contributed by atoms with van der Waals surface area (Å²) in [6.45, 7) is 14.5. The van der Waals surface area contributed by atoms with Crippen molar-refractivity contribution < 1.29 is 0 Å².